The fraction of sp³-hybridized carbons (Fsp3) is 0.130. The Morgan fingerprint density at radius 3 is 2.77 bits per heavy atom. The number of methoxy groups -OCH3 is 1. The summed E-state index contributed by atoms with van der Waals surface area (Å²) >= 11 is 0. The highest BCUT2D eigenvalue weighted by Crippen LogP contribution is 2.36. The molecule has 6 nitrogen and oxygen atoms in total. The molecule has 1 N–H and O–H groups in total. The van der Waals surface area contributed by atoms with Gasteiger partial charge in [-0.1, -0.05) is 24.3 Å². The summed E-state index contributed by atoms with van der Waals surface area (Å²) in [4.78, 5) is 26.5. The van der Waals surface area contributed by atoms with E-state index in [1.807, 2.05) is 0 Å². The summed E-state index contributed by atoms with van der Waals surface area (Å²) in [5, 5.41) is 2.81. The van der Waals surface area contributed by atoms with Gasteiger partial charge in [0.05, 0.1) is 19.3 Å². The van der Waals surface area contributed by atoms with Crippen molar-refractivity contribution in [2.24, 2.45) is 0 Å². The summed E-state index contributed by atoms with van der Waals surface area (Å²) in [5.41, 5.74) is 1.78. The molecule has 1 heterocycles. The molecule has 0 aliphatic carbocycles. The number of amides is 2. The van der Waals surface area contributed by atoms with Crippen molar-refractivity contribution in [3.05, 3.63) is 83.7 Å². The van der Waals surface area contributed by atoms with Crippen molar-refractivity contribution in [1.82, 2.24) is 0 Å². The van der Waals surface area contributed by atoms with E-state index in [1.165, 1.54) is 18.1 Å². The summed E-state index contributed by atoms with van der Waals surface area (Å²) in [7, 11) is 1.53. The molecule has 0 saturated heterocycles. The second-order valence-corrected chi connectivity index (χ2v) is 6.73. The normalized spacial score (nSPS) is 12.7. The molecule has 0 spiro atoms. The van der Waals surface area contributed by atoms with E-state index < -0.39 is 0 Å². The van der Waals surface area contributed by atoms with Gasteiger partial charge in [-0.3, -0.25) is 9.59 Å². The maximum atomic E-state index is 14.1. The van der Waals surface area contributed by atoms with Crippen LogP contribution in [0.3, 0.4) is 0 Å². The molecule has 1 aliphatic heterocycles. The average molecular weight is 406 g/mol. The van der Waals surface area contributed by atoms with Crippen LogP contribution in [0, 0.1) is 5.82 Å². The van der Waals surface area contributed by atoms with Crippen LogP contribution in [0.15, 0.2) is 66.7 Å². The molecule has 0 bridgehead atoms. The number of benzene rings is 3. The number of halogens is 1. The Morgan fingerprint density at radius 1 is 1.13 bits per heavy atom. The second-order valence-electron chi connectivity index (χ2n) is 6.73. The Labute approximate surface area is 172 Å². The largest absolute Gasteiger partial charge is 0.497 e. The van der Waals surface area contributed by atoms with Crippen LogP contribution in [0.5, 0.6) is 11.5 Å². The van der Waals surface area contributed by atoms with Crippen molar-refractivity contribution < 1.29 is 23.5 Å². The molecule has 3 aromatic carbocycles. The number of nitrogens with zero attached hydrogens (tertiary/aromatic N) is 1. The van der Waals surface area contributed by atoms with Crippen LogP contribution >= 0.6 is 0 Å². The van der Waals surface area contributed by atoms with E-state index in [4.69, 9.17) is 9.47 Å². The summed E-state index contributed by atoms with van der Waals surface area (Å²) in [6.45, 7) is -0.0634. The van der Waals surface area contributed by atoms with Gasteiger partial charge in [0.2, 0.25) is 0 Å². The lowest BCUT2D eigenvalue weighted by atomic mass is 10.1. The van der Waals surface area contributed by atoms with Gasteiger partial charge in [-0.15, -0.1) is 0 Å². The molecule has 30 heavy (non-hydrogen) atoms. The van der Waals surface area contributed by atoms with E-state index in [0.717, 1.165) is 0 Å². The lowest BCUT2D eigenvalue weighted by Gasteiger charge is -2.30. The van der Waals surface area contributed by atoms with Gasteiger partial charge < -0.3 is 19.7 Å². The lowest BCUT2D eigenvalue weighted by Crippen LogP contribution is -2.38. The first kappa shape index (κ1) is 19.4. The zero-order chi connectivity index (χ0) is 21.1. The number of hydrogen-bond donors (Lipinski definition) is 1. The maximum absolute atomic E-state index is 14.1. The van der Waals surface area contributed by atoms with Crippen LogP contribution in [0.4, 0.5) is 15.8 Å². The summed E-state index contributed by atoms with van der Waals surface area (Å²) < 4.78 is 24.8. The van der Waals surface area contributed by atoms with Gasteiger partial charge >= 0.3 is 0 Å². The van der Waals surface area contributed by atoms with E-state index in [9.17, 15) is 14.0 Å². The molecular weight excluding hydrogens is 387 g/mol. The number of carbonyl (C=O) groups excluding carboxylic acids is 2. The standard InChI is InChI=1S/C23H19FN2O4/c1-29-18-7-4-6-15(11-18)23(28)25-17-9-10-21-20(12-17)26(22(27)14-30-21)13-16-5-2-3-8-19(16)24/h2-12H,13-14H2,1H3,(H,25,28). The summed E-state index contributed by atoms with van der Waals surface area (Å²) in [6.07, 6.45) is 0. The van der Waals surface area contributed by atoms with Gasteiger partial charge in [-0.25, -0.2) is 4.39 Å². The number of carbonyl (C=O) groups is 2. The Hall–Kier alpha value is -3.87. The fourth-order valence-corrected chi connectivity index (χ4v) is 3.22. The smallest absolute Gasteiger partial charge is 0.265 e. The van der Waals surface area contributed by atoms with Crippen LogP contribution in [0.1, 0.15) is 15.9 Å². The van der Waals surface area contributed by atoms with Crippen LogP contribution in [0.25, 0.3) is 0 Å². The van der Waals surface area contributed by atoms with E-state index in [2.05, 4.69) is 5.32 Å². The Morgan fingerprint density at radius 2 is 1.97 bits per heavy atom. The molecule has 4 rings (SSSR count). The second kappa shape index (κ2) is 8.24. The molecule has 1 aliphatic rings. The number of nitrogens with one attached hydrogen (secondary N) is 1. The molecule has 152 valence electrons. The van der Waals surface area contributed by atoms with Gasteiger partial charge in [0.25, 0.3) is 11.8 Å². The molecule has 0 saturated carbocycles. The molecule has 0 aromatic heterocycles. The lowest BCUT2D eigenvalue weighted by molar-refractivity contribution is -0.121. The third kappa shape index (κ3) is 3.96. The minimum Gasteiger partial charge on any atom is -0.497 e. The van der Waals surface area contributed by atoms with Crippen LogP contribution < -0.4 is 19.7 Å². The Balaban J connectivity index is 1.61. The van der Waals surface area contributed by atoms with Crippen LogP contribution in [0.2, 0.25) is 0 Å². The van der Waals surface area contributed by atoms with Crippen molar-refractivity contribution in [2.45, 2.75) is 6.54 Å². The topological polar surface area (TPSA) is 67.9 Å². The maximum Gasteiger partial charge on any atom is 0.265 e. The number of fused-ring (bicyclic) bond motifs is 1. The quantitative estimate of drug-likeness (QED) is 0.695. The number of anilines is 2. The van der Waals surface area contributed by atoms with Gasteiger partial charge in [-0.2, -0.15) is 0 Å². The van der Waals surface area contributed by atoms with Crippen LogP contribution in [-0.2, 0) is 11.3 Å². The van der Waals surface area contributed by atoms with Gasteiger partial charge in [0.15, 0.2) is 6.61 Å². The number of rotatable bonds is 5. The first-order valence-electron chi connectivity index (χ1n) is 9.31. The third-order valence-corrected chi connectivity index (χ3v) is 4.78. The average Bonchev–Trinajstić information content (AvgIpc) is 2.77. The van der Waals surface area contributed by atoms with Crippen LogP contribution in [-0.4, -0.2) is 25.5 Å². The molecule has 0 unspecified atom stereocenters. The minimum absolute atomic E-state index is 0.0646. The highest BCUT2D eigenvalue weighted by Gasteiger charge is 2.27. The molecule has 2 amide bonds. The molecule has 3 aromatic rings. The van der Waals surface area contributed by atoms with Crippen molar-refractivity contribution in [3.63, 3.8) is 0 Å². The minimum atomic E-state index is -0.388. The zero-order valence-electron chi connectivity index (χ0n) is 16.2. The van der Waals surface area contributed by atoms with E-state index in [0.29, 0.717) is 34.0 Å². The van der Waals surface area contributed by atoms with E-state index in [-0.39, 0.29) is 30.8 Å². The first-order valence-corrected chi connectivity index (χ1v) is 9.31. The SMILES string of the molecule is COc1cccc(C(=O)Nc2ccc3c(c2)N(Cc2ccccc2F)C(=O)CO3)c1. The summed E-state index contributed by atoms with van der Waals surface area (Å²) in [5.74, 6) is 0.0638. The third-order valence-electron chi connectivity index (χ3n) is 4.78. The number of ether oxygens (including phenoxy) is 2. The predicted octanol–water partition coefficient (Wildman–Crippen LogP) is 4.01. The van der Waals surface area contributed by atoms with Gasteiger partial charge in [0, 0.05) is 16.8 Å². The van der Waals surface area contributed by atoms with Crippen molar-refractivity contribution >= 4 is 23.2 Å². The molecule has 0 atom stereocenters. The molecule has 0 radical (unpaired) electrons. The van der Waals surface area contributed by atoms with Crippen molar-refractivity contribution in [3.8, 4) is 11.5 Å². The van der Waals surface area contributed by atoms with Crippen molar-refractivity contribution in [1.29, 1.82) is 0 Å². The Kier molecular flexibility index (Phi) is 5.34. The van der Waals surface area contributed by atoms with E-state index >= 15 is 0 Å². The molecular formula is C23H19FN2O4. The van der Waals surface area contributed by atoms with E-state index in [1.54, 1.807) is 60.7 Å². The first-order chi connectivity index (χ1) is 14.5. The predicted molar refractivity (Wildman–Crippen MR) is 110 cm³/mol. The highest BCUT2D eigenvalue weighted by atomic mass is 19.1. The monoisotopic (exact) mass is 406 g/mol. The fourth-order valence-electron chi connectivity index (χ4n) is 3.22. The Bertz CT molecular complexity index is 1120. The van der Waals surface area contributed by atoms with Gasteiger partial charge in [0.1, 0.15) is 17.3 Å². The number of hydrogen-bond acceptors (Lipinski definition) is 4. The summed E-state index contributed by atoms with van der Waals surface area (Å²) in [6, 6.07) is 18.1. The molecule has 0 fully saturated rings. The zero-order valence-corrected chi connectivity index (χ0v) is 16.2. The van der Waals surface area contributed by atoms with Crippen molar-refractivity contribution in [2.75, 3.05) is 23.9 Å². The molecule has 7 heteroatoms. The highest BCUT2D eigenvalue weighted by molar-refractivity contribution is 6.05. The van der Waals surface area contributed by atoms with Gasteiger partial charge in [-0.05, 0) is 42.5 Å².